The summed E-state index contributed by atoms with van der Waals surface area (Å²) in [5.74, 6) is 0.138. The molecular formula is C28H38N6O3. The Labute approximate surface area is 218 Å². The van der Waals surface area contributed by atoms with Crippen molar-refractivity contribution in [1.29, 1.82) is 0 Å². The van der Waals surface area contributed by atoms with Crippen molar-refractivity contribution in [3.63, 3.8) is 0 Å². The van der Waals surface area contributed by atoms with Crippen molar-refractivity contribution in [2.24, 2.45) is 11.8 Å². The van der Waals surface area contributed by atoms with Gasteiger partial charge in [0.15, 0.2) is 0 Å². The lowest BCUT2D eigenvalue weighted by atomic mass is 9.79. The number of amides is 2. The van der Waals surface area contributed by atoms with Crippen molar-refractivity contribution < 1.29 is 14.7 Å². The normalized spacial score (nSPS) is 19.3. The molecule has 0 spiro atoms. The van der Waals surface area contributed by atoms with Crippen LogP contribution in [-0.2, 0) is 11.3 Å². The van der Waals surface area contributed by atoms with Crippen LogP contribution in [0.3, 0.4) is 0 Å². The maximum atomic E-state index is 13.5. The van der Waals surface area contributed by atoms with E-state index < -0.39 is 12.1 Å². The fraction of sp³-hybridized carbons (Fsp3) is 0.500. The van der Waals surface area contributed by atoms with E-state index in [1.54, 1.807) is 23.9 Å². The lowest BCUT2D eigenvalue weighted by molar-refractivity contribution is -0.119. The van der Waals surface area contributed by atoms with Crippen LogP contribution in [0.5, 0.6) is 0 Å². The SMILES string of the molecule is Cc1n[nH]c(C)c1-c1ccc(NC(=O)[C@@H](NC(=O)c2ccnn2CCC(C)O)C2CCC(C)CC2)cc1. The van der Waals surface area contributed by atoms with E-state index >= 15 is 0 Å². The number of nitrogens with one attached hydrogen (secondary N) is 3. The third-order valence-electron chi connectivity index (χ3n) is 7.38. The van der Waals surface area contributed by atoms with Crippen LogP contribution in [0.25, 0.3) is 11.1 Å². The van der Waals surface area contributed by atoms with Gasteiger partial charge in [-0.25, -0.2) is 0 Å². The molecule has 0 aliphatic heterocycles. The van der Waals surface area contributed by atoms with Crippen LogP contribution in [-0.4, -0.2) is 49.0 Å². The molecule has 1 unspecified atom stereocenters. The summed E-state index contributed by atoms with van der Waals surface area (Å²) >= 11 is 0. The third-order valence-corrected chi connectivity index (χ3v) is 7.38. The molecule has 2 amide bonds. The predicted molar refractivity (Wildman–Crippen MR) is 143 cm³/mol. The Kier molecular flexibility index (Phi) is 8.43. The second kappa shape index (κ2) is 11.7. The van der Waals surface area contributed by atoms with Crippen LogP contribution in [0.1, 0.15) is 67.8 Å². The smallest absolute Gasteiger partial charge is 0.270 e. The molecule has 9 nitrogen and oxygen atoms in total. The second-order valence-electron chi connectivity index (χ2n) is 10.4. The van der Waals surface area contributed by atoms with Crippen LogP contribution in [0.15, 0.2) is 36.5 Å². The number of aromatic nitrogens is 4. The summed E-state index contributed by atoms with van der Waals surface area (Å²) in [6.07, 6.45) is 5.41. The summed E-state index contributed by atoms with van der Waals surface area (Å²) in [6, 6.07) is 8.69. The van der Waals surface area contributed by atoms with Gasteiger partial charge < -0.3 is 15.7 Å². The zero-order valence-corrected chi connectivity index (χ0v) is 22.1. The van der Waals surface area contributed by atoms with Crippen molar-refractivity contribution in [2.75, 3.05) is 5.32 Å². The number of aromatic amines is 1. The Hall–Kier alpha value is -3.46. The molecule has 3 aromatic rings. The van der Waals surface area contributed by atoms with E-state index in [4.69, 9.17) is 0 Å². The molecule has 1 aliphatic rings. The molecule has 1 aliphatic carbocycles. The van der Waals surface area contributed by atoms with Crippen molar-refractivity contribution >= 4 is 17.5 Å². The maximum Gasteiger partial charge on any atom is 0.270 e. The summed E-state index contributed by atoms with van der Waals surface area (Å²) in [5.41, 5.74) is 5.08. The van der Waals surface area contributed by atoms with Gasteiger partial charge in [0, 0.05) is 29.7 Å². The van der Waals surface area contributed by atoms with Gasteiger partial charge in [-0.1, -0.05) is 31.9 Å². The van der Waals surface area contributed by atoms with Gasteiger partial charge >= 0.3 is 0 Å². The Balaban J connectivity index is 1.50. The molecule has 9 heteroatoms. The molecule has 2 aromatic heterocycles. The van der Waals surface area contributed by atoms with Crippen LogP contribution in [0, 0.1) is 25.7 Å². The molecule has 4 N–H and O–H groups in total. The standard InChI is InChI=1S/C28H38N6O3/c1-17-5-7-22(8-6-17)26(31-27(36)24-13-15-29-34(24)16-14-18(2)35)28(37)30-23-11-9-21(10-12-23)25-19(3)32-33-20(25)4/h9-13,15,17-18,22,26,35H,5-8,14,16H2,1-4H3,(H,30,37)(H,31,36)(H,32,33)/t17?,18?,22?,26-/m0/s1. The van der Waals surface area contributed by atoms with E-state index in [1.165, 1.54) is 0 Å². The highest BCUT2D eigenvalue weighted by molar-refractivity contribution is 6.00. The number of aliphatic hydroxyl groups excluding tert-OH is 1. The molecule has 1 aromatic carbocycles. The number of H-pyrrole nitrogens is 1. The summed E-state index contributed by atoms with van der Waals surface area (Å²) in [5, 5.41) is 27.2. The van der Waals surface area contributed by atoms with Gasteiger partial charge in [0.25, 0.3) is 5.91 Å². The van der Waals surface area contributed by atoms with E-state index in [9.17, 15) is 14.7 Å². The monoisotopic (exact) mass is 506 g/mol. The lowest BCUT2D eigenvalue weighted by Crippen LogP contribution is -2.49. The van der Waals surface area contributed by atoms with Crippen LogP contribution in [0.4, 0.5) is 5.69 Å². The number of anilines is 1. The molecule has 198 valence electrons. The number of hydrogen-bond donors (Lipinski definition) is 4. The fourth-order valence-electron chi connectivity index (χ4n) is 5.16. The fourth-order valence-corrected chi connectivity index (χ4v) is 5.16. The first-order valence-electron chi connectivity index (χ1n) is 13.2. The van der Waals surface area contributed by atoms with Crippen molar-refractivity contribution in [3.05, 3.63) is 53.6 Å². The maximum absolute atomic E-state index is 13.5. The van der Waals surface area contributed by atoms with Gasteiger partial charge in [0.05, 0.1) is 11.8 Å². The van der Waals surface area contributed by atoms with Gasteiger partial charge in [0.1, 0.15) is 11.7 Å². The first-order chi connectivity index (χ1) is 17.7. The van der Waals surface area contributed by atoms with Crippen molar-refractivity contribution in [2.45, 2.75) is 78.5 Å². The molecule has 0 saturated heterocycles. The average molecular weight is 507 g/mol. The highest BCUT2D eigenvalue weighted by Gasteiger charge is 2.33. The number of aryl methyl sites for hydroxylation is 3. The number of hydrogen-bond acceptors (Lipinski definition) is 5. The minimum Gasteiger partial charge on any atom is -0.393 e. The topological polar surface area (TPSA) is 125 Å². The van der Waals surface area contributed by atoms with Gasteiger partial charge in [0.2, 0.25) is 5.91 Å². The molecule has 0 radical (unpaired) electrons. The Morgan fingerprint density at radius 1 is 1.14 bits per heavy atom. The number of carbonyl (C=O) groups is 2. The Bertz CT molecular complexity index is 1190. The zero-order valence-electron chi connectivity index (χ0n) is 22.1. The first kappa shape index (κ1) is 26.6. The van der Waals surface area contributed by atoms with Gasteiger partial charge in [-0.2, -0.15) is 10.2 Å². The summed E-state index contributed by atoms with van der Waals surface area (Å²) in [7, 11) is 0. The Morgan fingerprint density at radius 2 is 1.84 bits per heavy atom. The van der Waals surface area contributed by atoms with Gasteiger partial charge in [-0.15, -0.1) is 0 Å². The van der Waals surface area contributed by atoms with Crippen molar-refractivity contribution in [3.8, 4) is 11.1 Å². The molecule has 2 atom stereocenters. The number of nitrogens with zero attached hydrogens (tertiary/aromatic N) is 3. The molecule has 0 bridgehead atoms. The number of carbonyl (C=O) groups excluding carboxylic acids is 2. The molecule has 1 fully saturated rings. The van der Waals surface area contributed by atoms with E-state index in [0.717, 1.165) is 48.2 Å². The number of benzene rings is 1. The molecule has 4 rings (SSSR count). The Morgan fingerprint density at radius 3 is 2.46 bits per heavy atom. The molecule has 37 heavy (non-hydrogen) atoms. The van der Waals surface area contributed by atoms with E-state index in [2.05, 4.69) is 32.9 Å². The van der Waals surface area contributed by atoms with E-state index in [0.29, 0.717) is 30.3 Å². The van der Waals surface area contributed by atoms with E-state index in [-0.39, 0.29) is 17.7 Å². The second-order valence-corrected chi connectivity index (χ2v) is 10.4. The van der Waals surface area contributed by atoms with Gasteiger partial charge in [-0.05, 0) is 75.6 Å². The van der Waals surface area contributed by atoms with E-state index in [1.807, 2.05) is 38.1 Å². The molecular weight excluding hydrogens is 468 g/mol. The number of aliphatic hydroxyl groups is 1. The zero-order chi connectivity index (χ0) is 26.5. The lowest BCUT2D eigenvalue weighted by Gasteiger charge is -2.32. The molecule has 2 heterocycles. The van der Waals surface area contributed by atoms with Crippen LogP contribution in [0.2, 0.25) is 0 Å². The predicted octanol–water partition coefficient (Wildman–Crippen LogP) is 4.22. The largest absolute Gasteiger partial charge is 0.393 e. The third kappa shape index (κ3) is 6.46. The van der Waals surface area contributed by atoms with Crippen LogP contribution < -0.4 is 10.6 Å². The van der Waals surface area contributed by atoms with Crippen LogP contribution >= 0.6 is 0 Å². The highest BCUT2D eigenvalue weighted by Crippen LogP contribution is 2.31. The highest BCUT2D eigenvalue weighted by atomic mass is 16.3. The summed E-state index contributed by atoms with van der Waals surface area (Å²) < 4.78 is 1.58. The quantitative estimate of drug-likeness (QED) is 0.346. The number of rotatable bonds is 9. The molecule has 1 saturated carbocycles. The van der Waals surface area contributed by atoms with Crippen molar-refractivity contribution in [1.82, 2.24) is 25.3 Å². The summed E-state index contributed by atoms with van der Waals surface area (Å²) in [6.45, 7) is 8.31. The van der Waals surface area contributed by atoms with Gasteiger partial charge in [-0.3, -0.25) is 19.4 Å². The first-order valence-corrected chi connectivity index (χ1v) is 13.2. The summed E-state index contributed by atoms with van der Waals surface area (Å²) in [4.78, 5) is 26.8. The average Bonchev–Trinajstić information content (AvgIpc) is 3.48. The minimum absolute atomic E-state index is 0.0597. The minimum atomic E-state index is -0.654.